The van der Waals surface area contributed by atoms with E-state index in [1.165, 1.54) is 48.2 Å². The van der Waals surface area contributed by atoms with Crippen LogP contribution < -0.4 is 0 Å². The summed E-state index contributed by atoms with van der Waals surface area (Å²) in [6.45, 7) is 10.3. The molecule has 1 heterocycles. The van der Waals surface area contributed by atoms with Gasteiger partial charge in [-0.1, -0.05) is 62.7 Å². The van der Waals surface area contributed by atoms with Crippen LogP contribution in [0, 0.1) is 0 Å². The number of rotatable bonds is 4. The first-order chi connectivity index (χ1) is 11.4. The Morgan fingerprint density at radius 1 is 1.00 bits per heavy atom. The minimum absolute atomic E-state index is 0.228. The quantitative estimate of drug-likeness (QED) is 0.696. The van der Waals surface area contributed by atoms with E-state index in [1.807, 2.05) is 12.1 Å². The van der Waals surface area contributed by atoms with Crippen molar-refractivity contribution in [1.29, 1.82) is 0 Å². The molecule has 2 aromatic carbocycles. The molecular formula is C22H28ClN. The molecule has 0 aromatic heterocycles. The lowest BCUT2D eigenvalue weighted by Crippen LogP contribution is -2.32. The van der Waals surface area contributed by atoms with Gasteiger partial charge in [-0.15, -0.1) is 0 Å². The van der Waals surface area contributed by atoms with Gasteiger partial charge in [-0.2, -0.15) is 0 Å². The standard InChI is InChI=1S/C22H28ClN/c1-22(2,3)20-9-8-18-12-14-24(16-19(18)15-20)13-4-5-17-6-10-21(23)11-7-17/h6-11,15H,4-5,12-14,16H2,1-3H3. The van der Waals surface area contributed by atoms with E-state index in [9.17, 15) is 0 Å². The van der Waals surface area contributed by atoms with Gasteiger partial charge in [-0.3, -0.25) is 4.90 Å². The highest BCUT2D eigenvalue weighted by atomic mass is 35.5. The molecule has 1 nitrogen and oxygen atoms in total. The Balaban J connectivity index is 1.57. The van der Waals surface area contributed by atoms with Crippen molar-refractivity contribution in [2.75, 3.05) is 13.1 Å². The fraction of sp³-hybridized carbons (Fsp3) is 0.455. The highest BCUT2D eigenvalue weighted by Crippen LogP contribution is 2.27. The van der Waals surface area contributed by atoms with Gasteiger partial charge in [0.05, 0.1) is 0 Å². The molecule has 24 heavy (non-hydrogen) atoms. The molecule has 2 aromatic rings. The molecule has 1 aliphatic heterocycles. The molecule has 1 aliphatic rings. The molecule has 0 aliphatic carbocycles. The van der Waals surface area contributed by atoms with E-state index in [-0.39, 0.29) is 5.41 Å². The average Bonchev–Trinajstić information content (AvgIpc) is 2.55. The SMILES string of the molecule is CC(C)(C)c1ccc2c(c1)CN(CCCc1ccc(Cl)cc1)CC2. The molecule has 0 N–H and O–H groups in total. The van der Waals surface area contributed by atoms with Crippen LogP contribution in [0.1, 0.15) is 49.4 Å². The second kappa shape index (κ2) is 7.29. The first-order valence-electron chi connectivity index (χ1n) is 9.01. The zero-order valence-corrected chi connectivity index (χ0v) is 15.9. The summed E-state index contributed by atoms with van der Waals surface area (Å²) < 4.78 is 0. The highest BCUT2D eigenvalue weighted by Gasteiger charge is 2.19. The maximum Gasteiger partial charge on any atom is 0.0406 e. The number of hydrogen-bond acceptors (Lipinski definition) is 1. The second-order valence-corrected chi connectivity index (χ2v) is 8.43. The molecule has 0 bridgehead atoms. The van der Waals surface area contributed by atoms with Crippen LogP contribution in [-0.2, 0) is 24.8 Å². The van der Waals surface area contributed by atoms with Crippen molar-refractivity contribution in [3.63, 3.8) is 0 Å². The Bertz CT molecular complexity index is 682. The summed E-state index contributed by atoms with van der Waals surface area (Å²) in [5, 5.41) is 0.820. The van der Waals surface area contributed by atoms with Crippen molar-refractivity contribution in [1.82, 2.24) is 4.90 Å². The number of nitrogens with zero attached hydrogens (tertiary/aromatic N) is 1. The van der Waals surface area contributed by atoms with Gasteiger partial charge in [0.2, 0.25) is 0 Å². The molecule has 2 heteroatoms. The van der Waals surface area contributed by atoms with Crippen LogP contribution in [0.5, 0.6) is 0 Å². The normalized spacial score (nSPS) is 15.3. The van der Waals surface area contributed by atoms with Crippen LogP contribution in [0.3, 0.4) is 0 Å². The molecule has 0 amide bonds. The van der Waals surface area contributed by atoms with Gasteiger partial charge < -0.3 is 0 Å². The van der Waals surface area contributed by atoms with Gasteiger partial charge in [0.25, 0.3) is 0 Å². The van der Waals surface area contributed by atoms with Crippen molar-refractivity contribution in [3.05, 3.63) is 69.7 Å². The lowest BCUT2D eigenvalue weighted by molar-refractivity contribution is 0.251. The van der Waals surface area contributed by atoms with E-state index in [1.54, 1.807) is 0 Å². The maximum absolute atomic E-state index is 5.95. The number of hydrogen-bond donors (Lipinski definition) is 0. The minimum Gasteiger partial charge on any atom is -0.299 e. The third-order valence-corrected chi connectivity index (χ3v) is 5.27. The Hall–Kier alpha value is -1.31. The van der Waals surface area contributed by atoms with Crippen LogP contribution in [0.25, 0.3) is 0 Å². The third kappa shape index (κ3) is 4.40. The Morgan fingerprint density at radius 3 is 2.46 bits per heavy atom. The van der Waals surface area contributed by atoms with Crippen LogP contribution in [0.4, 0.5) is 0 Å². The molecule has 0 unspecified atom stereocenters. The van der Waals surface area contributed by atoms with Gasteiger partial charge >= 0.3 is 0 Å². The smallest absolute Gasteiger partial charge is 0.0406 e. The molecule has 0 atom stereocenters. The topological polar surface area (TPSA) is 3.24 Å². The molecule has 128 valence electrons. The van der Waals surface area contributed by atoms with Gasteiger partial charge in [-0.25, -0.2) is 0 Å². The highest BCUT2D eigenvalue weighted by molar-refractivity contribution is 6.30. The second-order valence-electron chi connectivity index (χ2n) is 7.99. The largest absolute Gasteiger partial charge is 0.299 e. The molecule has 0 fully saturated rings. The van der Waals surface area contributed by atoms with Gasteiger partial charge in [0.15, 0.2) is 0 Å². The molecule has 0 spiro atoms. The lowest BCUT2D eigenvalue weighted by Gasteiger charge is -2.30. The van der Waals surface area contributed by atoms with Crippen molar-refractivity contribution in [3.8, 4) is 0 Å². The third-order valence-electron chi connectivity index (χ3n) is 5.02. The summed E-state index contributed by atoms with van der Waals surface area (Å²) in [7, 11) is 0. The Labute approximate surface area is 151 Å². The number of halogens is 1. The first kappa shape index (κ1) is 17.5. The maximum atomic E-state index is 5.95. The summed E-state index contributed by atoms with van der Waals surface area (Å²) in [6.07, 6.45) is 3.51. The molecule has 0 saturated carbocycles. The summed E-state index contributed by atoms with van der Waals surface area (Å²) in [5.41, 5.74) is 6.12. The van der Waals surface area contributed by atoms with Gasteiger partial charge in [-0.05, 0) is 65.6 Å². The van der Waals surface area contributed by atoms with Crippen LogP contribution in [0.2, 0.25) is 5.02 Å². The van der Waals surface area contributed by atoms with Crippen LogP contribution in [-0.4, -0.2) is 18.0 Å². The Morgan fingerprint density at radius 2 is 1.75 bits per heavy atom. The monoisotopic (exact) mass is 341 g/mol. The average molecular weight is 342 g/mol. The van der Waals surface area contributed by atoms with Crippen LogP contribution in [0.15, 0.2) is 42.5 Å². The first-order valence-corrected chi connectivity index (χ1v) is 9.39. The van der Waals surface area contributed by atoms with Gasteiger partial charge in [0, 0.05) is 18.1 Å². The predicted octanol–water partition coefficient (Wildman–Crippen LogP) is 5.63. The van der Waals surface area contributed by atoms with Crippen molar-refractivity contribution in [2.24, 2.45) is 0 Å². The number of benzene rings is 2. The van der Waals surface area contributed by atoms with E-state index >= 15 is 0 Å². The summed E-state index contributed by atoms with van der Waals surface area (Å²) in [6, 6.07) is 15.4. The summed E-state index contributed by atoms with van der Waals surface area (Å²) >= 11 is 5.95. The van der Waals surface area contributed by atoms with Crippen molar-refractivity contribution < 1.29 is 0 Å². The number of fused-ring (bicyclic) bond motifs is 1. The summed E-state index contributed by atoms with van der Waals surface area (Å²) in [4.78, 5) is 2.60. The van der Waals surface area contributed by atoms with E-state index in [0.717, 1.165) is 18.0 Å². The molecule has 0 saturated heterocycles. The zero-order valence-electron chi connectivity index (χ0n) is 15.1. The van der Waals surface area contributed by atoms with Crippen molar-refractivity contribution in [2.45, 2.75) is 52.0 Å². The molecular weight excluding hydrogens is 314 g/mol. The molecule has 0 radical (unpaired) electrons. The van der Waals surface area contributed by atoms with Crippen LogP contribution >= 0.6 is 11.6 Å². The summed E-state index contributed by atoms with van der Waals surface area (Å²) in [5.74, 6) is 0. The van der Waals surface area contributed by atoms with E-state index in [0.29, 0.717) is 0 Å². The van der Waals surface area contributed by atoms with Crippen molar-refractivity contribution >= 4 is 11.6 Å². The number of aryl methyl sites for hydroxylation is 1. The zero-order chi connectivity index (χ0) is 17.2. The molecule has 3 rings (SSSR count). The predicted molar refractivity (Wildman–Crippen MR) is 104 cm³/mol. The Kier molecular flexibility index (Phi) is 5.32. The fourth-order valence-electron chi connectivity index (χ4n) is 3.43. The lowest BCUT2D eigenvalue weighted by atomic mass is 9.84. The minimum atomic E-state index is 0.228. The van der Waals surface area contributed by atoms with E-state index < -0.39 is 0 Å². The van der Waals surface area contributed by atoms with E-state index in [4.69, 9.17) is 11.6 Å². The van der Waals surface area contributed by atoms with E-state index in [2.05, 4.69) is 56.0 Å². The van der Waals surface area contributed by atoms with Gasteiger partial charge in [0.1, 0.15) is 0 Å². The fourth-order valence-corrected chi connectivity index (χ4v) is 3.56.